The molecule has 31 heavy (non-hydrogen) atoms. The lowest BCUT2D eigenvalue weighted by Gasteiger charge is -2.35. The summed E-state index contributed by atoms with van der Waals surface area (Å²) in [5, 5.41) is 21.8. The number of ether oxygens (including phenoxy) is 1. The van der Waals surface area contributed by atoms with Gasteiger partial charge in [0, 0.05) is 56.5 Å². The van der Waals surface area contributed by atoms with Gasteiger partial charge in [0.05, 0.1) is 6.61 Å². The van der Waals surface area contributed by atoms with Gasteiger partial charge < -0.3 is 14.9 Å². The number of aliphatic hydroxyl groups excluding tert-OH is 2. The number of aromatic nitrogens is 1. The molecule has 0 saturated carbocycles. The molecule has 1 unspecified atom stereocenters. The van der Waals surface area contributed by atoms with Crippen molar-refractivity contribution in [3.63, 3.8) is 0 Å². The van der Waals surface area contributed by atoms with E-state index in [0.717, 1.165) is 66.1 Å². The van der Waals surface area contributed by atoms with Crippen molar-refractivity contribution in [1.29, 1.82) is 0 Å². The smallest absolute Gasteiger partial charge is 0.127 e. The second kappa shape index (κ2) is 10.2. The molecule has 1 aliphatic heterocycles. The Morgan fingerprint density at radius 3 is 2.48 bits per heavy atom. The fourth-order valence-electron chi connectivity index (χ4n) is 4.24. The summed E-state index contributed by atoms with van der Waals surface area (Å²) in [4.78, 5) is 8.81. The first kappa shape index (κ1) is 21.7. The Bertz CT molecular complexity index is 1000. The molecule has 1 aromatic heterocycles. The number of nitrogens with zero attached hydrogens (tertiary/aromatic N) is 3. The first-order valence-corrected chi connectivity index (χ1v) is 11.0. The van der Waals surface area contributed by atoms with Crippen LogP contribution in [-0.2, 0) is 0 Å². The number of aliphatic hydroxyl groups is 2. The highest BCUT2D eigenvalue weighted by Gasteiger charge is 2.19. The van der Waals surface area contributed by atoms with Crippen molar-refractivity contribution in [2.45, 2.75) is 13.0 Å². The number of β-amino-alcohol motifs (C(OH)–C–C–N with tert-alkyl or cyclic N) is 2. The van der Waals surface area contributed by atoms with E-state index in [-0.39, 0.29) is 13.2 Å². The molecule has 0 aliphatic carbocycles. The zero-order chi connectivity index (χ0) is 21.6. The van der Waals surface area contributed by atoms with Crippen LogP contribution >= 0.6 is 0 Å². The van der Waals surface area contributed by atoms with Crippen LogP contribution in [0.5, 0.6) is 5.75 Å². The maximum Gasteiger partial charge on any atom is 0.127 e. The Morgan fingerprint density at radius 2 is 1.74 bits per heavy atom. The van der Waals surface area contributed by atoms with E-state index in [1.165, 1.54) is 0 Å². The second-order valence-corrected chi connectivity index (χ2v) is 8.17. The molecule has 2 heterocycles. The molecule has 1 fully saturated rings. The average molecular weight is 422 g/mol. The molecular weight excluding hydrogens is 390 g/mol. The summed E-state index contributed by atoms with van der Waals surface area (Å²) in [5.74, 6) is 0.789. The monoisotopic (exact) mass is 421 g/mol. The molecule has 1 atom stereocenters. The van der Waals surface area contributed by atoms with Crippen molar-refractivity contribution < 1.29 is 14.9 Å². The lowest BCUT2D eigenvalue weighted by Crippen LogP contribution is -2.49. The number of fused-ring (bicyclic) bond motifs is 1. The molecule has 4 rings (SSSR count). The van der Waals surface area contributed by atoms with Crippen LogP contribution in [0.15, 0.2) is 54.7 Å². The molecule has 2 N–H and O–H groups in total. The zero-order valence-corrected chi connectivity index (χ0v) is 18.1. The summed E-state index contributed by atoms with van der Waals surface area (Å²) in [6.45, 7) is 7.43. The van der Waals surface area contributed by atoms with Gasteiger partial charge in [-0.2, -0.15) is 0 Å². The van der Waals surface area contributed by atoms with Crippen molar-refractivity contribution >= 4 is 10.8 Å². The Hall–Kier alpha value is -2.51. The highest BCUT2D eigenvalue weighted by Crippen LogP contribution is 2.34. The third kappa shape index (κ3) is 5.40. The first-order valence-electron chi connectivity index (χ1n) is 11.0. The predicted octanol–water partition coefficient (Wildman–Crippen LogP) is 2.56. The summed E-state index contributed by atoms with van der Waals surface area (Å²) >= 11 is 0. The molecule has 1 aliphatic rings. The highest BCUT2D eigenvalue weighted by atomic mass is 16.5. The predicted molar refractivity (Wildman–Crippen MR) is 123 cm³/mol. The van der Waals surface area contributed by atoms with Gasteiger partial charge in [-0.25, -0.2) is 0 Å². The highest BCUT2D eigenvalue weighted by molar-refractivity contribution is 6.00. The molecule has 6 nitrogen and oxygen atoms in total. The van der Waals surface area contributed by atoms with Crippen molar-refractivity contribution in [1.82, 2.24) is 14.8 Å². The summed E-state index contributed by atoms with van der Waals surface area (Å²) < 4.78 is 6.06. The van der Waals surface area contributed by atoms with Crippen LogP contribution in [0.25, 0.3) is 21.9 Å². The second-order valence-electron chi connectivity index (χ2n) is 8.17. The molecule has 6 heteroatoms. The molecular formula is C25H31N3O3. The van der Waals surface area contributed by atoms with Crippen molar-refractivity contribution in [2.24, 2.45) is 0 Å². The number of rotatable bonds is 8. The minimum Gasteiger partial charge on any atom is -0.490 e. The van der Waals surface area contributed by atoms with Crippen LogP contribution in [0.1, 0.15) is 5.69 Å². The van der Waals surface area contributed by atoms with E-state index in [2.05, 4.69) is 39.0 Å². The number of hydrogen-bond donors (Lipinski definition) is 2. The third-order valence-corrected chi connectivity index (χ3v) is 5.87. The maximum absolute atomic E-state index is 10.5. The molecule has 0 radical (unpaired) electrons. The average Bonchev–Trinajstić information content (AvgIpc) is 2.79. The van der Waals surface area contributed by atoms with Crippen LogP contribution in [0, 0.1) is 6.92 Å². The van der Waals surface area contributed by atoms with Crippen molar-refractivity contribution in [3.8, 4) is 16.9 Å². The molecule has 0 bridgehead atoms. The van der Waals surface area contributed by atoms with E-state index in [0.29, 0.717) is 6.54 Å². The number of aryl methyl sites for hydroxylation is 1. The molecule has 1 saturated heterocycles. The minimum absolute atomic E-state index is 0.198. The van der Waals surface area contributed by atoms with Gasteiger partial charge in [-0.15, -0.1) is 0 Å². The van der Waals surface area contributed by atoms with E-state index in [4.69, 9.17) is 9.84 Å². The van der Waals surface area contributed by atoms with Gasteiger partial charge >= 0.3 is 0 Å². The zero-order valence-electron chi connectivity index (χ0n) is 18.1. The molecule has 0 amide bonds. The van der Waals surface area contributed by atoms with Gasteiger partial charge in [0.1, 0.15) is 18.5 Å². The summed E-state index contributed by atoms with van der Waals surface area (Å²) in [6.07, 6.45) is 1.29. The van der Waals surface area contributed by atoms with Crippen LogP contribution < -0.4 is 4.74 Å². The topological polar surface area (TPSA) is 69.1 Å². The normalized spacial score (nSPS) is 16.5. The summed E-state index contributed by atoms with van der Waals surface area (Å²) in [7, 11) is 0. The van der Waals surface area contributed by atoms with E-state index >= 15 is 0 Å². The van der Waals surface area contributed by atoms with Crippen molar-refractivity contribution in [3.05, 3.63) is 60.4 Å². The van der Waals surface area contributed by atoms with E-state index in [1.54, 1.807) is 0 Å². The number of hydrogen-bond acceptors (Lipinski definition) is 6. The Labute approximate surface area is 183 Å². The Balaban J connectivity index is 1.42. The van der Waals surface area contributed by atoms with Gasteiger partial charge in [0.15, 0.2) is 0 Å². The van der Waals surface area contributed by atoms with E-state index < -0.39 is 6.10 Å². The summed E-state index contributed by atoms with van der Waals surface area (Å²) in [6, 6.07) is 16.4. The van der Waals surface area contributed by atoms with Crippen LogP contribution in [0.2, 0.25) is 0 Å². The van der Waals surface area contributed by atoms with E-state index in [9.17, 15) is 5.11 Å². The molecule has 164 valence electrons. The largest absolute Gasteiger partial charge is 0.490 e. The summed E-state index contributed by atoms with van der Waals surface area (Å²) in [5.41, 5.74) is 3.27. The fraction of sp³-hybridized carbons (Fsp3) is 0.400. The molecule has 2 aromatic carbocycles. The molecule has 3 aromatic rings. The molecule has 0 spiro atoms. The first-order chi connectivity index (χ1) is 15.1. The van der Waals surface area contributed by atoms with Gasteiger partial charge in [-0.1, -0.05) is 30.3 Å². The Kier molecular flexibility index (Phi) is 7.14. The van der Waals surface area contributed by atoms with E-state index in [1.807, 2.05) is 37.4 Å². The Morgan fingerprint density at radius 1 is 1.00 bits per heavy atom. The van der Waals surface area contributed by atoms with Crippen molar-refractivity contribution in [2.75, 3.05) is 52.5 Å². The van der Waals surface area contributed by atoms with Gasteiger partial charge in [-0.3, -0.25) is 14.8 Å². The fourth-order valence-corrected chi connectivity index (χ4v) is 4.24. The SMILES string of the molecule is Cc1cc(-c2ccc(OCC(O)CN3CCN(CCO)CC3)c3ccccc23)ccn1. The van der Waals surface area contributed by atoms with Crippen LogP contribution in [-0.4, -0.2) is 83.6 Å². The number of benzene rings is 2. The number of piperazine rings is 1. The van der Waals surface area contributed by atoms with Gasteiger partial charge in [-0.05, 0) is 41.6 Å². The lowest BCUT2D eigenvalue weighted by atomic mass is 9.98. The van der Waals surface area contributed by atoms with Gasteiger partial charge in [0.2, 0.25) is 0 Å². The number of pyridine rings is 1. The lowest BCUT2D eigenvalue weighted by molar-refractivity contribution is 0.0432. The van der Waals surface area contributed by atoms with Crippen LogP contribution in [0.3, 0.4) is 0 Å². The third-order valence-electron chi connectivity index (χ3n) is 5.87. The standard InChI is InChI=1S/C25H31N3O3/c1-19-16-20(8-9-26-19)22-6-7-25(24-5-3-2-4-23(22)24)31-18-21(30)17-28-12-10-27(11-13-28)14-15-29/h2-9,16,21,29-30H,10-15,17-18H2,1H3. The van der Waals surface area contributed by atoms with Crippen LogP contribution in [0.4, 0.5) is 0 Å². The quantitative estimate of drug-likeness (QED) is 0.583. The van der Waals surface area contributed by atoms with Gasteiger partial charge in [0.25, 0.3) is 0 Å². The maximum atomic E-state index is 10.5. The minimum atomic E-state index is -0.550.